The highest BCUT2D eigenvalue weighted by atomic mass is 16.5. The Morgan fingerprint density at radius 1 is 1.60 bits per heavy atom. The molecule has 1 aliphatic carbocycles. The maximum absolute atomic E-state index is 11.6. The van der Waals surface area contributed by atoms with Gasteiger partial charge in [0.25, 0.3) is 0 Å². The molecule has 0 aromatic heterocycles. The van der Waals surface area contributed by atoms with Gasteiger partial charge in [-0.25, -0.2) is 0 Å². The van der Waals surface area contributed by atoms with Crippen molar-refractivity contribution < 1.29 is 9.53 Å². The van der Waals surface area contributed by atoms with Crippen molar-refractivity contribution in [1.29, 1.82) is 0 Å². The van der Waals surface area contributed by atoms with E-state index in [1.54, 1.807) is 7.11 Å². The molecule has 1 unspecified atom stereocenters. The summed E-state index contributed by atoms with van der Waals surface area (Å²) in [6, 6.07) is 0. The van der Waals surface area contributed by atoms with Crippen LogP contribution in [0.5, 0.6) is 0 Å². The van der Waals surface area contributed by atoms with E-state index in [0.29, 0.717) is 25.5 Å². The minimum absolute atomic E-state index is 0.0897. The van der Waals surface area contributed by atoms with Crippen molar-refractivity contribution in [1.82, 2.24) is 5.32 Å². The highest BCUT2D eigenvalue weighted by Crippen LogP contribution is 2.38. The average Bonchev–Trinajstić information content (AvgIpc) is 3.01. The molecule has 15 heavy (non-hydrogen) atoms. The number of nitrogens with two attached hydrogens (primary N) is 1. The van der Waals surface area contributed by atoms with Crippen LogP contribution >= 0.6 is 0 Å². The Morgan fingerprint density at radius 2 is 2.27 bits per heavy atom. The highest BCUT2D eigenvalue weighted by molar-refractivity contribution is 5.76. The number of rotatable bonds is 7. The molecule has 0 bridgehead atoms. The van der Waals surface area contributed by atoms with Gasteiger partial charge < -0.3 is 15.8 Å². The van der Waals surface area contributed by atoms with Gasteiger partial charge in [-0.2, -0.15) is 0 Å². The number of nitrogens with one attached hydrogen (secondary N) is 1. The third kappa shape index (κ3) is 3.80. The van der Waals surface area contributed by atoms with Gasteiger partial charge in [0.05, 0.1) is 5.54 Å². The van der Waals surface area contributed by atoms with Crippen LogP contribution in [0.1, 0.15) is 32.6 Å². The molecular weight excluding hydrogens is 192 g/mol. The fourth-order valence-electron chi connectivity index (χ4n) is 1.80. The number of ether oxygens (including phenoxy) is 1. The summed E-state index contributed by atoms with van der Waals surface area (Å²) in [5.41, 5.74) is 5.52. The van der Waals surface area contributed by atoms with Crippen LogP contribution in [-0.2, 0) is 9.53 Å². The summed E-state index contributed by atoms with van der Waals surface area (Å²) in [5, 5.41) is 3.04. The minimum Gasteiger partial charge on any atom is -0.385 e. The number of hydrogen-bond donors (Lipinski definition) is 2. The first-order chi connectivity index (χ1) is 7.12. The molecular formula is C11H22N2O2. The zero-order chi connectivity index (χ0) is 11.3. The number of hydrogen-bond acceptors (Lipinski definition) is 3. The smallest absolute Gasteiger partial charge is 0.220 e. The number of amides is 1. The summed E-state index contributed by atoms with van der Waals surface area (Å²) >= 11 is 0. The molecule has 88 valence electrons. The van der Waals surface area contributed by atoms with E-state index >= 15 is 0 Å². The lowest BCUT2D eigenvalue weighted by molar-refractivity contribution is -0.123. The highest BCUT2D eigenvalue weighted by Gasteiger charge is 2.41. The first-order valence-corrected chi connectivity index (χ1v) is 5.62. The van der Waals surface area contributed by atoms with Crippen molar-refractivity contribution in [3.8, 4) is 0 Å². The van der Waals surface area contributed by atoms with Gasteiger partial charge in [0.15, 0.2) is 0 Å². The summed E-state index contributed by atoms with van der Waals surface area (Å²) in [5.74, 6) is 0.667. The van der Waals surface area contributed by atoms with Gasteiger partial charge >= 0.3 is 0 Å². The van der Waals surface area contributed by atoms with E-state index < -0.39 is 0 Å². The quantitative estimate of drug-likeness (QED) is 0.612. The van der Waals surface area contributed by atoms with Crippen LogP contribution in [0.2, 0.25) is 0 Å². The molecule has 1 saturated carbocycles. The molecule has 0 aromatic rings. The molecule has 0 aliphatic heterocycles. The first-order valence-electron chi connectivity index (χ1n) is 5.62. The molecule has 0 saturated heterocycles. The molecule has 4 nitrogen and oxygen atoms in total. The Hall–Kier alpha value is -0.610. The van der Waals surface area contributed by atoms with Crippen LogP contribution in [0.3, 0.4) is 0 Å². The van der Waals surface area contributed by atoms with Gasteiger partial charge in [0, 0.05) is 26.7 Å². The second-order valence-electron chi connectivity index (χ2n) is 4.54. The maximum atomic E-state index is 11.6. The molecule has 4 heteroatoms. The van der Waals surface area contributed by atoms with Crippen LogP contribution < -0.4 is 11.1 Å². The largest absolute Gasteiger partial charge is 0.385 e. The molecule has 0 radical (unpaired) electrons. The predicted octanol–water partition coefficient (Wildman–Crippen LogP) is 0.657. The summed E-state index contributed by atoms with van der Waals surface area (Å²) in [6.07, 6.45) is 3.67. The van der Waals surface area contributed by atoms with Crippen LogP contribution in [0.25, 0.3) is 0 Å². The van der Waals surface area contributed by atoms with Crippen LogP contribution in [0.15, 0.2) is 0 Å². The molecule has 3 N–H and O–H groups in total. The van der Waals surface area contributed by atoms with Crippen LogP contribution in [0.4, 0.5) is 0 Å². The lowest BCUT2D eigenvalue weighted by Gasteiger charge is -2.29. The number of carbonyl (C=O) groups is 1. The van der Waals surface area contributed by atoms with Gasteiger partial charge in [0.1, 0.15) is 0 Å². The van der Waals surface area contributed by atoms with Gasteiger partial charge in [-0.15, -0.1) is 0 Å². The molecule has 0 aromatic carbocycles. The topological polar surface area (TPSA) is 64.3 Å². The second kappa shape index (κ2) is 5.47. The normalized spacial score (nSPS) is 19.7. The predicted molar refractivity (Wildman–Crippen MR) is 59.4 cm³/mol. The van der Waals surface area contributed by atoms with E-state index in [9.17, 15) is 4.79 Å². The fourth-order valence-corrected chi connectivity index (χ4v) is 1.80. The van der Waals surface area contributed by atoms with E-state index in [4.69, 9.17) is 10.5 Å². The monoisotopic (exact) mass is 214 g/mol. The standard InChI is InChI=1S/C11H22N2O2/c1-11(8-12,9-5-6-9)13-10(14)4-3-7-15-2/h9H,3-8,12H2,1-2H3,(H,13,14). The van der Waals surface area contributed by atoms with Crippen molar-refractivity contribution in [3.05, 3.63) is 0 Å². The lowest BCUT2D eigenvalue weighted by Crippen LogP contribution is -2.53. The molecule has 0 spiro atoms. The third-order valence-corrected chi connectivity index (χ3v) is 3.08. The molecule has 1 amide bonds. The van der Waals surface area contributed by atoms with E-state index in [-0.39, 0.29) is 11.4 Å². The van der Waals surface area contributed by atoms with Crippen molar-refractivity contribution >= 4 is 5.91 Å². The molecule has 1 aliphatic rings. The van der Waals surface area contributed by atoms with Gasteiger partial charge in [-0.05, 0) is 32.1 Å². The van der Waals surface area contributed by atoms with Gasteiger partial charge in [-0.1, -0.05) is 0 Å². The summed E-state index contributed by atoms with van der Waals surface area (Å²) in [4.78, 5) is 11.6. The van der Waals surface area contributed by atoms with Crippen molar-refractivity contribution in [2.45, 2.75) is 38.1 Å². The Morgan fingerprint density at radius 3 is 2.73 bits per heavy atom. The third-order valence-electron chi connectivity index (χ3n) is 3.08. The maximum Gasteiger partial charge on any atom is 0.220 e. The van der Waals surface area contributed by atoms with Crippen LogP contribution in [-0.4, -0.2) is 31.7 Å². The Balaban J connectivity index is 2.28. The van der Waals surface area contributed by atoms with E-state index in [0.717, 1.165) is 6.42 Å². The first kappa shape index (κ1) is 12.5. The summed E-state index contributed by atoms with van der Waals surface area (Å²) in [7, 11) is 1.64. The van der Waals surface area contributed by atoms with E-state index in [1.165, 1.54) is 12.8 Å². The van der Waals surface area contributed by atoms with Gasteiger partial charge in [-0.3, -0.25) is 4.79 Å². The molecule has 1 atom stereocenters. The minimum atomic E-state index is -0.190. The Kier molecular flexibility index (Phi) is 4.54. The zero-order valence-electron chi connectivity index (χ0n) is 9.71. The fraction of sp³-hybridized carbons (Fsp3) is 0.909. The Labute approximate surface area is 91.5 Å². The average molecular weight is 214 g/mol. The van der Waals surface area contributed by atoms with Crippen molar-refractivity contribution in [2.24, 2.45) is 11.7 Å². The summed E-state index contributed by atoms with van der Waals surface area (Å²) < 4.78 is 4.90. The van der Waals surface area contributed by atoms with Gasteiger partial charge in [0.2, 0.25) is 5.91 Å². The number of carbonyl (C=O) groups excluding carboxylic acids is 1. The molecule has 0 heterocycles. The van der Waals surface area contributed by atoms with Crippen LogP contribution in [0, 0.1) is 5.92 Å². The lowest BCUT2D eigenvalue weighted by atomic mass is 9.95. The zero-order valence-corrected chi connectivity index (χ0v) is 9.71. The summed E-state index contributed by atoms with van der Waals surface area (Å²) in [6.45, 7) is 3.20. The molecule has 1 rings (SSSR count). The van der Waals surface area contributed by atoms with Crippen molar-refractivity contribution in [2.75, 3.05) is 20.3 Å². The van der Waals surface area contributed by atoms with Crippen molar-refractivity contribution in [3.63, 3.8) is 0 Å². The Bertz CT molecular complexity index is 217. The van der Waals surface area contributed by atoms with E-state index in [1.807, 2.05) is 6.92 Å². The van der Waals surface area contributed by atoms with E-state index in [2.05, 4.69) is 5.32 Å². The SMILES string of the molecule is COCCCC(=O)NC(C)(CN)C1CC1. The molecule has 1 fully saturated rings. The number of methoxy groups -OCH3 is 1. The second-order valence-corrected chi connectivity index (χ2v) is 4.54.